The lowest BCUT2D eigenvalue weighted by Gasteiger charge is -2.07. The lowest BCUT2D eigenvalue weighted by Crippen LogP contribution is -2.34. The molecule has 142 valence electrons. The first-order valence-corrected chi connectivity index (χ1v) is 8.68. The second-order valence-electron chi connectivity index (χ2n) is 5.40. The molecule has 2 aromatic carbocycles. The van der Waals surface area contributed by atoms with E-state index < -0.39 is 5.91 Å². The molecule has 0 spiro atoms. The van der Waals surface area contributed by atoms with Crippen LogP contribution in [0.1, 0.15) is 29.8 Å². The third kappa shape index (κ3) is 6.47. The molecular weight excluding hydrogens is 346 g/mol. The zero-order valence-electron chi connectivity index (χ0n) is 15.4. The summed E-state index contributed by atoms with van der Waals surface area (Å²) in [6.45, 7) is 4.69. The van der Waals surface area contributed by atoms with E-state index in [1.54, 1.807) is 24.3 Å². The molecule has 0 saturated carbocycles. The number of amides is 2. The SMILES string of the molecule is CCOc1ccc(C(=O)NCC(=O)N/N=C/c2ccccc2OCC)cc1. The van der Waals surface area contributed by atoms with Gasteiger partial charge in [0.15, 0.2) is 0 Å². The number of hydrogen-bond donors (Lipinski definition) is 2. The molecule has 0 radical (unpaired) electrons. The van der Waals surface area contributed by atoms with Crippen LogP contribution in [0, 0.1) is 0 Å². The summed E-state index contributed by atoms with van der Waals surface area (Å²) >= 11 is 0. The van der Waals surface area contributed by atoms with Crippen LogP contribution in [-0.4, -0.2) is 37.8 Å². The average Bonchev–Trinajstić information content (AvgIpc) is 2.68. The summed E-state index contributed by atoms with van der Waals surface area (Å²) in [5.41, 5.74) is 3.57. The van der Waals surface area contributed by atoms with Gasteiger partial charge in [0.1, 0.15) is 11.5 Å². The minimum Gasteiger partial charge on any atom is -0.494 e. The zero-order chi connectivity index (χ0) is 19.5. The van der Waals surface area contributed by atoms with Gasteiger partial charge in [-0.3, -0.25) is 9.59 Å². The highest BCUT2D eigenvalue weighted by Crippen LogP contribution is 2.15. The zero-order valence-corrected chi connectivity index (χ0v) is 15.4. The standard InChI is InChI=1S/C20H23N3O4/c1-3-26-17-11-9-15(10-12-17)20(25)21-14-19(24)23-22-13-16-7-5-6-8-18(16)27-4-2/h5-13H,3-4,14H2,1-2H3,(H,21,25)(H,23,24)/b22-13+. The third-order valence-corrected chi connectivity index (χ3v) is 3.45. The van der Waals surface area contributed by atoms with Crippen LogP contribution in [0.5, 0.6) is 11.5 Å². The molecule has 0 atom stereocenters. The molecule has 7 nitrogen and oxygen atoms in total. The molecule has 0 bridgehead atoms. The van der Waals surface area contributed by atoms with E-state index in [4.69, 9.17) is 9.47 Å². The molecule has 0 saturated heterocycles. The van der Waals surface area contributed by atoms with E-state index in [0.29, 0.717) is 30.3 Å². The molecule has 0 aliphatic carbocycles. The van der Waals surface area contributed by atoms with Crippen molar-refractivity contribution >= 4 is 18.0 Å². The van der Waals surface area contributed by atoms with Gasteiger partial charge in [0, 0.05) is 11.1 Å². The van der Waals surface area contributed by atoms with Crippen molar-refractivity contribution in [2.24, 2.45) is 5.10 Å². The van der Waals surface area contributed by atoms with Crippen molar-refractivity contribution < 1.29 is 19.1 Å². The fourth-order valence-electron chi connectivity index (χ4n) is 2.22. The van der Waals surface area contributed by atoms with Gasteiger partial charge in [-0.15, -0.1) is 0 Å². The highest BCUT2D eigenvalue weighted by Gasteiger charge is 2.08. The first kappa shape index (κ1) is 20.0. The Morgan fingerprint density at radius 1 is 1.00 bits per heavy atom. The molecule has 0 aliphatic heterocycles. The average molecular weight is 369 g/mol. The maximum Gasteiger partial charge on any atom is 0.259 e. The van der Waals surface area contributed by atoms with Gasteiger partial charge in [0.25, 0.3) is 11.8 Å². The minimum atomic E-state index is -0.431. The molecule has 27 heavy (non-hydrogen) atoms. The molecular formula is C20H23N3O4. The molecule has 0 heterocycles. The van der Waals surface area contributed by atoms with Crippen molar-refractivity contribution in [3.63, 3.8) is 0 Å². The smallest absolute Gasteiger partial charge is 0.259 e. The van der Waals surface area contributed by atoms with E-state index in [-0.39, 0.29) is 12.5 Å². The largest absolute Gasteiger partial charge is 0.494 e. The Morgan fingerprint density at radius 3 is 2.41 bits per heavy atom. The topological polar surface area (TPSA) is 89.0 Å². The van der Waals surface area contributed by atoms with Gasteiger partial charge in [-0.1, -0.05) is 12.1 Å². The Kier molecular flexibility index (Phi) is 7.84. The predicted molar refractivity (Wildman–Crippen MR) is 103 cm³/mol. The van der Waals surface area contributed by atoms with Crippen molar-refractivity contribution in [1.82, 2.24) is 10.7 Å². The molecule has 7 heteroatoms. The summed E-state index contributed by atoms with van der Waals surface area (Å²) in [4.78, 5) is 23.9. The number of ether oxygens (including phenoxy) is 2. The monoisotopic (exact) mass is 369 g/mol. The summed E-state index contributed by atoms with van der Waals surface area (Å²) in [6, 6.07) is 14.1. The Labute approximate surface area is 158 Å². The first-order valence-electron chi connectivity index (χ1n) is 8.68. The number of nitrogens with zero attached hydrogens (tertiary/aromatic N) is 1. The molecule has 2 rings (SSSR count). The number of carbonyl (C=O) groups is 2. The van der Waals surface area contributed by atoms with E-state index in [0.717, 1.165) is 5.56 Å². The van der Waals surface area contributed by atoms with Gasteiger partial charge >= 0.3 is 0 Å². The van der Waals surface area contributed by atoms with Crippen LogP contribution in [0.2, 0.25) is 0 Å². The van der Waals surface area contributed by atoms with E-state index in [1.165, 1.54) is 6.21 Å². The number of nitrogens with one attached hydrogen (secondary N) is 2. The third-order valence-electron chi connectivity index (χ3n) is 3.45. The molecule has 0 unspecified atom stereocenters. The van der Waals surface area contributed by atoms with Crippen molar-refractivity contribution in [1.29, 1.82) is 0 Å². The van der Waals surface area contributed by atoms with Gasteiger partial charge < -0.3 is 14.8 Å². The maximum atomic E-state index is 12.0. The van der Waals surface area contributed by atoms with Crippen LogP contribution in [0.4, 0.5) is 0 Å². The summed E-state index contributed by atoms with van der Waals surface area (Å²) in [7, 11) is 0. The lowest BCUT2D eigenvalue weighted by molar-refractivity contribution is -0.120. The van der Waals surface area contributed by atoms with Gasteiger partial charge in [0.05, 0.1) is 26.0 Å². The van der Waals surface area contributed by atoms with Crippen LogP contribution in [-0.2, 0) is 4.79 Å². The quantitative estimate of drug-likeness (QED) is 0.525. The van der Waals surface area contributed by atoms with Crippen LogP contribution in [0.25, 0.3) is 0 Å². The highest BCUT2D eigenvalue weighted by molar-refractivity contribution is 5.96. The van der Waals surface area contributed by atoms with Gasteiger partial charge in [-0.05, 0) is 50.2 Å². The minimum absolute atomic E-state index is 0.184. The van der Waals surface area contributed by atoms with Crippen LogP contribution < -0.4 is 20.2 Å². The highest BCUT2D eigenvalue weighted by atomic mass is 16.5. The Hall–Kier alpha value is -3.35. The van der Waals surface area contributed by atoms with Crippen molar-refractivity contribution in [3.8, 4) is 11.5 Å². The Balaban J connectivity index is 1.81. The van der Waals surface area contributed by atoms with Gasteiger partial charge in [-0.25, -0.2) is 5.43 Å². The number of para-hydroxylation sites is 1. The number of carbonyl (C=O) groups excluding carboxylic acids is 2. The molecule has 2 aromatic rings. The van der Waals surface area contributed by atoms with E-state index in [9.17, 15) is 9.59 Å². The fraction of sp³-hybridized carbons (Fsp3) is 0.250. The fourth-order valence-corrected chi connectivity index (χ4v) is 2.22. The second-order valence-corrected chi connectivity index (χ2v) is 5.40. The Morgan fingerprint density at radius 2 is 1.70 bits per heavy atom. The summed E-state index contributed by atoms with van der Waals surface area (Å²) < 4.78 is 10.8. The molecule has 2 amide bonds. The molecule has 0 aromatic heterocycles. The number of benzene rings is 2. The molecule has 2 N–H and O–H groups in total. The molecule has 0 aliphatic rings. The van der Waals surface area contributed by atoms with Crippen LogP contribution in [0.15, 0.2) is 53.6 Å². The maximum absolute atomic E-state index is 12.0. The second kappa shape index (κ2) is 10.6. The molecule has 0 fully saturated rings. The first-order chi connectivity index (χ1) is 13.1. The van der Waals surface area contributed by atoms with E-state index >= 15 is 0 Å². The van der Waals surface area contributed by atoms with Crippen molar-refractivity contribution in [2.75, 3.05) is 19.8 Å². The van der Waals surface area contributed by atoms with Crippen molar-refractivity contribution in [3.05, 3.63) is 59.7 Å². The Bertz CT molecular complexity index is 788. The number of hydrazone groups is 1. The number of rotatable bonds is 9. The summed E-state index contributed by atoms with van der Waals surface area (Å²) in [5, 5.41) is 6.43. The normalized spacial score (nSPS) is 10.4. The van der Waals surface area contributed by atoms with Crippen LogP contribution in [0.3, 0.4) is 0 Å². The summed E-state index contributed by atoms with van der Waals surface area (Å²) in [5.74, 6) is 0.591. The van der Waals surface area contributed by atoms with Crippen molar-refractivity contribution in [2.45, 2.75) is 13.8 Å². The number of hydrogen-bond acceptors (Lipinski definition) is 5. The van der Waals surface area contributed by atoms with Crippen LogP contribution >= 0.6 is 0 Å². The van der Waals surface area contributed by atoms with Gasteiger partial charge in [0.2, 0.25) is 0 Å². The summed E-state index contributed by atoms with van der Waals surface area (Å²) in [6.07, 6.45) is 1.50. The predicted octanol–water partition coefficient (Wildman–Crippen LogP) is 2.36. The van der Waals surface area contributed by atoms with Gasteiger partial charge in [-0.2, -0.15) is 5.10 Å². The van der Waals surface area contributed by atoms with E-state index in [1.807, 2.05) is 38.1 Å². The van der Waals surface area contributed by atoms with E-state index in [2.05, 4.69) is 15.8 Å². The lowest BCUT2D eigenvalue weighted by atomic mass is 10.2.